The van der Waals surface area contributed by atoms with Crippen LogP contribution in [0.5, 0.6) is 0 Å². The monoisotopic (exact) mass is 269 g/mol. The Morgan fingerprint density at radius 1 is 1.35 bits per heavy atom. The van der Waals surface area contributed by atoms with Gasteiger partial charge in [0.2, 0.25) is 0 Å². The second-order valence-electron chi connectivity index (χ2n) is 4.67. The fourth-order valence-electron chi connectivity index (χ4n) is 2.30. The number of benzene rings is 1. The molecule has 3 N–H and O–H groups in total. The molecule has 5 nitrogen and oxygen atoms in total. The van der Waals surface area contributed by atoms with Crippen molar-refractivity contribution in [2.75, 3.05) is 5.73 Å². The van der Waals surface area contributed by atoms with Gasteiger partial charge in [0.05, 0.1) is 11.1 Å². The third-order valence-corrected chi connectivity index (χ3v) is 3.28. The predicted octanol–water partition coefficient (Wildman–Crippen LogP) is 2.72. The number of aromatic amines is 1. The number of fused-ring (bicyclic) bond motifs is 1. The van der Waals surface area contributed by atoms with Gasteiger partial charge in [0, 0.05) is 5.39 Å². The number of furan rings is 1. The highest BCUT2D eigenvalue weighted by atomic mass is 16.3. The molecule has 0 spiro atoms. The molecule has 0 aliphatic carbocycles. The van der Waals surface area contributed by atoms with Crippen LogP contribution in [0.2, 0.25) is 0 Å². The molecule has 0 fully saturated rings. The Morgan fingerprint density at radius 3 is 2.90 bits per heavy atom. The van der Waals surface area contributed by atoms with E-state index in [1.165, 1.54) is 0 Å². The van der Waals surface area contributed by atoms with E-state index >= 15 is 0 Å². The Hall–Kier alpha value is -2.56. The van der Waals surface area contributed by atoms with E-state index in [1.54, 1.807) is 6.26 Å². The quantitative estimate of drug-likeness (QED) is 0.765. The van der Waals surface area contributed by atoms with Gasteiger partial charge in [0.25, 0.3) is 5.56 Å². The molecule has 0 aliphatic heterocycles. The molecule has 5 heteroatoms. The SMILES string of the molecule is CCCc1c(N)nc(-c2coc3ccccc23)[nH]c1=O. The lowest BCUT2D eigenvalue weighted by molar-refractivity contribution is 0.616. The number of anilines is 1. The minimum atomic E-state index is -0.181. The van der Waals surface area contributed by atoms with Crippen LogP contribution in [0.3, 0.4) is 0 Å². The molecule has 0 radical (unpaired) electrons. The maximum atomic E-state index is 12.1. The smallest absolute Gasteiger partial charge is 0.256 e. The Bertz CT molecular complexity index is 817. The first-order valence-corrected chi connectivity index (χ1v) is 6.56. The van der Waals surface area contributed by atoms with E-state index in [2.05, 4.69) is 9.97 Å². The van der Waals surface area contributed by atoms with E-state index in [1.807, 2.05) is 31.2 Å². The number of H-pyrrole nitrogens is 1. The Morgan fingerprint density at radius 2 is 2.15 bits per heavy atom. The van der Waals surface area contributed by atoms with Crippen molar-refractivity contribution < 1.29 is 4.42 Å². The number of nitrogens with one attached hydrogen (secondary N) is 1. The van der Waals surface area contributed by atoms with Gasteiger partial charge in [0.15, 0.2) is 0 Å². The summed E-state index contributed by atoms with van der Waals surface area (Å²) in [6.07, 6.45) is 3.06. The lowest BCUT2D eigenvalue weighted by Crippen LogP contribution is -2.18. The van der Waals surface area contributed by atoms with Crippen molar-refractivity contribution in [3.05, 3.63) is 46.4 Å². The van der Waals surface area contributed by atoms with Gasteiger partial charge in [-0.2, -0.15) is 0 Å². The van der Waals surface area contributed by atoms with Gasteiger partial charge in [-0.1, -0.05) is 31.5 Å². The summed E-state index contributed by atoms with van der Waals surface area (Å²) < 4.78 is 5.46. The van der Waals surface area contributed by atoms with Crippen molar-refractivity contribution in [3.63, 3.8) is 0 Å². The van der Waals surface area contributed by atoms with E-state index in [4.69, 9.17) is 10.2 Å². The maximum Gasteiger partial charge on any atom is 0.256 e. The molecule has 3 aromatic rings. The number of nitrogen functional groups attached to an aromatic ring is 1. The fraction of sp³-hybridized carbons (Fsp3) is 0.200. The maximum absolute atomic E-state index is 12.1. The van der Waals surface area contributed by atoms with Crippen LogP contribution >= 0.6 is 0 Å². The van der Waals surface area contributed by atoms with Crippen LogP contribution in [0, 0.1) is 0 Å². The van der Waals surface area contributed by atoms with E-state index in [-0.39, 0.29) is 11.4 Å². The summed E-state index contributed by atoms with van der Waals surface area (Å²) in [6.45, 7) is 2.00. The Labute approximate surface area is 115 Å². The van der Waals surface area contributed by atoms with Gasteiger partial charge in [-0.15, -0.1) is 0 Å². The lowest BCUT2D eigenvalue weighted by atomic mass is 10.1. The zero-order valence-corrected chi connectivity index (χ0v) is 11.1. The van der Waals surface area contributed by atoms with E-state index in [0.29, 0.717) is 17.8 Å². The van der Waals surface area contributed by atoms with Crippen LogP contribution in [-0.4, -0.2) is 9.97 Å². The van der Waals surface area contributed by atoms with Crippen molar-refractivity contribution >= 4 is 16.8 Å². The van der Waals surface area contributed by atoms with Crippen LogP contribution in [0.15, 0.2) is 39.7 Å². The number of nitrogens with two attached hydrogens (primary N) is 1. The fourth-order valence-corrected chi connectivity index (χ4v) is 2.30. The van der Waals surface area contributed by atoms with E-state index in [9.17, 15) is 4.79 Å². The highest BCUT2D eigenvalue weighted by Crippen LogP contribution is 2.28. The summed E-state index contributed by atoms with van der Waals surface area (Å²) in [6, 6.07) is 7.59. The molecule has 20 heavy (non-hydrogen) atoms. The Kier molecular flexibility index (Phi) is 3.02. The van der Waals surface area contributed by atoms with Crippen LogP contribution < -0.4 is 11.3 Å². The number of aromatic nitrogens is 2. The molecule has 0 aliphatic rings. The average Bonchev–Trinajstić information content (AvgIpc) is 2.86. The third-order valence-electron chi connectivity index (χ3n) is 3.28. The van der Waals surface area contributed by atoms with Crippen LogP contribution in [-0.2, 0) is 6.42 Å². The molecule has 2 aromatic heterocycles. The van der Waals surface area contributed by atoms with Crippen molar-refractivity contribution in [2.24, 2.45) is 0 Å². The summed E-state index contributed by atoms with van der Waals surface area (Å²) >= 11 is 0. The number of nitrogens with zero attached hydrogens (tertiary/aromatic N) is 1. The second kappa shape index (κ2) is 4.85. The normalized spacial score (nSPS) is 11.1. The molecule has 2 heterocycles. The molecule has 0 unspecified atom stereocenters. The summed E-state index contributed by atoms with van der Waals surface area (Å²) in [5.41, 5.74) is 7.76. The van der Waals surface area contributed by atoms with Crippen LogP contribution in [0.1, 0.15) is 18.9 Å². The number of hydrogen-bond acceptors (Lipinski definition) is 4. The first-order valence-electron chi connectivity index (χ1n) is 6.56. The summed E-state index contributed by atoms with van der Waals surface area (Å²) in [5.74, 6) is 0.730. The number of para-hydroxylation sites is 1. The predicted molar refractivity (Wildman–Crippen MR) is 78.5 cm³/mol. The largest absolute Gasteiger partial charge is 0.464 e. The molecule has 1 aromatic carbocycles. The van der Waals surface area contributed by atoms with E-state index < -0.39 is 0 Å². The molecular formula is C15H15N3O2. The first-order chi connectivity index (χ1) is 9.70. The van der Waals surface area contributed by atoms with Gasteiger partial charge >= 0.3 is 0 Å². The standard InChI is InChI=1S/C15H15N3O2/c1-2-5-10-13(16)17-14(18-15(10)19)11-8-20-12-7-4-3-6-9(11)12/h3-4,6-8H,2,5H2,1H3,(H3,16,17,18,19). The minimum absolute atomic E-state index is 0.181. The van der Waals surface area contributed by atoms with Gasteiger partial charge in [-0.05, 0) is 12.5 Å². The lowest BCUT2D eigenvalue weighted by Gasteiger charge is -2.05. The molecule has 0 amide bonds. The summed E-state index contributed by atoms with van der Waals surface area (Å²) in [7, 11) is 0. The average molecular weight is 269 g/mol. The first kappa shape index (κ1) is 12.5. The van der Waals surface area contributed by atoms with Crippen molar-refractivity contribution in [1.29, 1.82) is 0 Å². The van der Waals surface area contributed by atoms with Crippen molar-refractivity contribution in [1.82, 2.24) is 9.97 Å². The molecule has 102 valence electrons. The molecule has 0 saturated carbocycles. The van der Waals surface area contributed by atoms with Gasteiger partial charge in [-0.25, -0.2) is 4.98 Å². The number of hydrogen-bond donors (Lipinski definition) is 2. The van der Waals surface area contributed by atoms with E-state index in [0.717, 1.165) is 23.0 Å². The zero-order valence-electron chi connectivity index (χ0n) is 11.1. The van der Waals surface area contributed by atoms with Gasteiger partial charge in [0.1, 0.15) is 23.5 Å². The zero-order chi connectivity index (χ0) is 14.1. The highest BCUT2D eigenvalue weighted by Gasteiger charge is 2.13. The van der Waals surface area contributed by atoms with Gasteiger partial charge < -0.3 is 15.1 Å². The Balaban J connectivity index is 2.18. The van der Waals surface area contributed by atoms with Crippen molar-refractivity contribution in [2.45, 2.75) is 19.8 Å². The van der Waals surface area contributed by atoms with Crippen molar-refractivity contribution in [3.8, 4) is 11.4 Å². The second-order valence-corrected chi connectivity index (χ2v) is 4.67. The third kappa shape index (κ3) is 1.97. The molecule has 0 atom stereocenters. The van der Waals surface area contributed by atoms with Gasteiger partial charge in [-0.3, -0.25) is 4.79 Å². The molecule has 0 bridgehead atoms. The minimum Gasteiger partial charge on any atom is -0.464 e. The highest BCUT2D eigenvalue weighted by molar-refractivity contribution is 5.92. The van der Waals surface area contributed by atoms with Crippen LogP contribution in [0.25, 0.3) is 22.4 Å². The molecular weight excluding hydrogens is 254 g/mol. The van der Waals surface area contributed by atoms with Crippen LogP contribution in [0.4, 0.5) is 5.82 Å². The molecule has 3 rings (SSSR count). The topological polar surface area (TPSA) is 84.9 Å². The summed E-state index contributed by atoms with van der Waals surface area (Å²) in [4.78, 5) is 19.2. The molecule has 0 saturated heterocycles. The summed E-state index contributed by atoms with van der Waals surface area (Å²) in [5, 5.41) is 0.901. The number of rotatable bonds is 3.